The number of aromatic nitrogens is 2. The number of nitrogens with zero attached hydrogens (tertiary/aromatic N) is 3. The molecule has 1 aromatic carbocycles. The van der Waals surface area contributed by atoms with E-state index in [1.165, 1.54) is 12.4 Å². The zero-order valence-electron chi connectivity index (χ0n) is 8.29. The Balaban J connectivity index is 2.32. The summed E-state index contributed by atoms with van der Waals surface area (Å²) in [4.78, 5) is 19.6. The summed E-state index contributed by atoms with van der Waals surface area (Å²) in [6.45, 7) is 0. The first-order chi connectivity index (χ1) is 7.81. The molecule has 0 saturated carbocycles. The first kappa shape index (κ1) is 9.99. The van der Waals surface area contributed by atoms with Gasteiger partial charge in [-0.15, -0.1) is 0 Å². The van der Waals surface area contributed by atoms with Crippen molar-refractivity contribution in [2.75, 3.05) is 0 Å². The van der Waals surface area contributed by atoms with Crippen molar-refractivity contribution in [1.29, 1.82) is 5.26 Å². The number of nitriles is 1. The molecule has 4 nitrogen and oxygen atoms in total. The van der Waals surface area contributed by atoms with E-state index in [4.69, 9.17) is 5.26 Å². The largest absolute Gasteiger partial charge is 0.287 e. The molecule has 76 valence electrons. The first-order valence-corrected chi connectivity index (χ1v) is 4.63. The number of rotatable bonds is 2. The molecule has 0 unspecified atom stereocenters. The fourth-order valence-electron chi connectivity index (χ4n) is 1.24. The van der Waals surface area contributed by atoms with E-state index in [0.29, 0.717) is 5.56 Å². The lowest BCUT2D eigenvalue weighted by molar-refractivity contribution is 0.103. The first-order valence-electron chi connectivity index (χ1n) is 4.63. The molecule has 16 heavy (non-hydrogen) atoms. The van der Waals surface area contributed by atoms with Crippen molar-refractivity contribution in [2.24, 2.45) is 0 Å². The third-order valence-corrected chi connectivity index (χ3v) is 2.04. The molecule has 0 aliphatic rings. The number of hydrogen-bond donors (Lipinski definition) is 0. The topological polar surface area (TPSA) is 66.6 Å². The van der Waals surface area contributed by atoms with Crippen LogP contribution in [-0.4, -0.2) is 15.8 Å². The van der Waals surface area contributed by atoms with Gasteiger partial charge >= 0.3 is 0 Å². The molecule has 0 spiro atoms. The van der Waals surface area contributed by atoms with Crippen LogP contribution in [0.1, 0.15) is 21.7 Å². The monoisotopic (exact) mass is 209 g/mol. The molecule has 0 fully saturated rings. The standard InChI is InChI=1S/C12H7N3O/c13-6-10-7-15-11(8-14-10)12(16)9-4-2-1-3-5-9/h1-5,7-8H. The molecule has 0 amide bonds. The lowest BCUT2D eigenvalue weighted by atomic mass is 10.1. The van der Waals surface area contributed by atoms with E-state index in [-0.39, 0.29) is 17.2 Å². The van der Waals surface area contributed by atoms with E-state index in [1.54, 1.807) is 24.3 Å². The summed E-state index contributed by atoms with van der Waals surface area (Å²) in [5, 5.41) is 8.55. The Kier molecular flexibility index (Phi) is 2.70. The Morgan fingerprint density at radius 2 is 1.88 bits per heavy atom. The third-order valence-electron chi connectivity index (χ3n) is 2.04. The molecule has 0 atom stereocenters. The molecule has 0 aliphatic heterocycles. The summed E-state index contributed by atoms with van der Waals surface area (Å²) in [5.41, 5.74) is 0.997. The number of benzene rings is 1. The number of carbonyl (C=O) groups is 1. The minimum Gasteiger partial charge on any atom is -0.287 e. The van der Waals surface area contributed by atoms with E-state index < -0.39 is 0 Å². The van der Waals surface area contributed by atoms with Crippen LogP contribution in [0.5, 0.6) is 0 Å². The zero-order chi connectivity index (χ0) is 11.4. The third kappa shape index (κ3) is 1.93. The van der Waals surface area contributed by atoms with Gasteiger partial charge in [-0.25, -0.2) is 9.97 Å². The van der Waals surface area contributed by atoms with Gasteiger partial charge in [-0.3, -0.25) is 4.79 Å². The van der Waals surface area contributed by atoms with Gasteiger partial charge in [0.25, 0.3) is 0 Å². The van der Waals surface area contributed by atoms with Crippen molar-refractivity contribution in [1.82, 2.24) is 9.97 Å². The second-order valence-corrected chi connectivity index (χ2v) is 3.09. The smallest absolute Gasteiger partial charge is 0.212 e. The Bertz CT molecular complexity index is 541. The summed E-state index contributed by atoms with van der Waals surface area (Å²) in [7, 11) is 0. The maximum Gasteiger partial charge on any atom is 0.212 e. The molecule has 1 aromatic heterocycles. The molecule has 2 rings (SSSR count). The maximum atomic E-state index is 11.9. The van der Waals surface area contributed by atoms with Crippen molar-refractivity contribution < 1.29 is 4.79 Å². The highest BCUT2D eigenvalue weighted by atomic mass is 16.1. The van der Waals surface area contributed by atoms with E-state index in [1.807, 2.05) is 12.1 Å². The minimum atomic E-state index is -0.197. The highest BCUT2D eigenvalue weighted by Gasteiger charge is 2.09. The van der Waals surface area contributed by atoms with Gasteiger partial charge in [0.15, 0.2) is 5.69 Å². The van der Waals surface area contributed by atoms with Gasteiger partial charge in [0.05, 0.1) is 12.4 Å². The van der Waals surface area contributed by atoms with E-state index in [2.05, 4.69) is 9.97 Å². The number of hydrogen-bond acceptors (Lipinski definition) is 4. The number of ketones is 1. The van der Waals surface area contributed by atoms with Crippen LogP contribution >= 0.6 is 0 Å². The SMILES string of the molecule is N#Cc1cnc(C(=O)c2ccccc2)cn1. The summed E-state index contributed by atoms with van der Waals surface area (Å²) in [5.74, 6) is -0.197. The van der Waals surface area contributed by atoms with Crippen molar-refractivity contribution in [3.63, 3.8) is 0 Å². The van der Waals surface area contributed by atoms with Crippen molar-refractivity contribution in [3.05, 3.63) is 59.7 Å². The van der Waals surface area contributed by atoms with Crippen molar-refractivity contribution in [3.8, 4) is 6.07 Å². The average molecular weight is 209 g/mol. The lowest BCUT2D eigenvalue weighted by Crippen LogP contribution is -2.04. The van der Waals surface area contributed by atoms with Crippen LogP contribution in [0.25, 0.3) is 0 Å². The van der Waals surface area contributed by atoms with Crippen molar-refractivity contribution in [2.45, 2.75) is 0 Å². The predicted octanol–water partition coefficient (Wildman–Crippen LogP) is 1.58. The second-order valence-electron chi connectivity index (χ2n) is 3.09. The number of carbonyl (C=O) groups excluding carboxylic acids is 1. The Morgan fingerprint density at radius 1 is 1.12 bits per heavy atom. The Labute approximate surface area is 92.2 Å². The fraction of sp³-hybridized carbons (Fsp3) is 0. The average Bonchev–Trinajstić information content (AvgIpc) is 2.39. The van der Waals surface area contributed by atoms with Gasteiger partial charge in [-0.2, -0.15) is 5.26 Å². The molecule has 4 heteroatoms. The summed E-state index contributed by atoms with van der Waals surface area (Å²) >= 11 is 0. The maximum absolute atomic E-state index is 11.9. The van der Waals surface area contributed by atoms with Gasteiger partial charge < -0.3 is 0 Å². The molecule has 1 heterocycles. The normalized spacial score (nSPS) is 9.44. The zero-order valence-corrected chi connectivity index (χ0v) is 8.29. The van der Waals surface area contributed by atoms with Crippen LogP contribution in [0.4, 0.5) is 0 Å². The highest BCUT2D eigenvalue weighted by Crippen LogP contribution is 2.06. The quantitative estimate of drug-likeness (QED) is 0.704. The van der Waals surface area contributed by atoms with E-state index >= 15 is 0 Å². The van der Waals surface area contributed by atoms with Gasteiger partial charge in [0.2, 0.25) is 5.78 Å². The molecule has 0 bridgehead atoms. The highest BCUT2D eigenvalue weighted by molar-refractivity contribution is 6.07. The van der Waals surface area contributed by atoms with E-state index in [0.717, 1.165) is 0 Å². The molecule has 0 N–H and O–H groups in total. The predicted molar refractivity (Wildman–Crippen MR) is 56.6 cm³/mol. The van der Waals surface area contributed by atoms with Crippen LogP contribution in [-0.2, 0) is 0 Å². The lowest BCUT2D eigenvalue weighted by Gasteiger charge is -1.98. The van der Waals surface area contributed by atoms with Gasteiger partial charge in [0.1, 0.15) is 11.8 Å². The van der Waals surface area contributed by atoms with Crippen LogP contribution in [0.3, 0.4) is 0 Å². The Hall–Kier alpha value is -2.54. The molecule has 0 radical (unpaired) electrons. The molecule has 2 aromatic rings. The minimum absolute atomic E-state index is 0.197. The summed E-state index contributed by atoms with van der Waals surface area (Å²) in [6.07, 6.45) is 2.60. The van der Waals surface area contributed by atoms with Crippen LogP contribution < -0.4 is 0 Å². The molecule has 0 saturated heterocycles. The molecular weight excluding hydrogens is 202 g/mol. The Morgan fingerprint density at radius 3 is 2.44 bits per heavy atom. The van der Waals surface area contributed by atoms with Gasteiger partial charge in [0, 0.05) is 5.56 Å². The molecule has 0 aliphatic carbocycles. The fourth-order valence-corrected chi connectivity index (χ4v) is 1.24. The van der Waals surface area contributed by atoms with E-state index in [9.17, 15) is 4.79 Å². The van der Waals surface area contributed by atoms with Crippen molar-refractivity contribution >= 4 is 5.78 Å². The second kappa shape index (κ2) is 4.32. The van der Waals surface area contributed by atoms with Gasteiger partial charge in [-0.1, -0.05) is 30.3 Å². The van der Waals surface area contributed by atoms with Crippen LogP contribution in [0.15, 0.2) is 42.7 Å². The molecular formula is C12H7N3O. The van der Waals surface area contributed by atoms with Gasteiger partial charge in [-0.05, 0) is 0 Å². The van der Waals surface area contributed by atoms with Crippen LogP contribution in [0.2, 0.25) is 0 Å². The summed E-state index contributed by atoms with van der Waals surface area (Å²) < 4.78 is 0. The summed E-state index contributed by atoms with van der Waals surface area (Å²) in [6, 6.07) is 10.7. The van der Waals surface area contributed by atoms with Crippen LogP contribution in [0, 0.1) is 11.3 Å².